The fourth-order valence-electron chi connectivity index (χ4n) is 4.18. The van der Waals surface area contributed by atoms with E-state index in [1.54, 1.807) is 7.11 Å². The summed E-state index contributed by atoms with van der Waals surface area (Å²) in [7, 11) is 1.68. The summed E-state index contributed by atoms with van der Waals surface area (Å²) in [5.74, 6) is 1.66. The van der Waals surface area contributed by atoms with Crippen LogP contribution in [-0.4, -0.2) is 28.5 Å². The molecule has 3 aromatic rings. The van der Waals surface area contributed by atoms with Crippen LogP contribution in [0.15, 0.2) is 72.9 Å². The molecule has 160 valence electrons. The van der Waals surface area contributed by atoms with E-state index in [0.29, 0.717) is 6.61 Å². The number of hydrogen-bond donors (Lipinski definition) is 0. The van der Waals surface area contributed by atoms with E-state index in [-0.39, 0.29) is 0 Å². The van der Waals surface area contributed by atoms with Gasteiger partial charge in [-0.3, -0.25) is 0 Å². The van der Waals surface area contributed by atoms with E-state index in [2.05, 4.69) is 58.2 Å². The third-order valence-corrected chi connectivity index (χ3v) is 5.69. The van der Waals surface area contributed by atoms with Crippen molar-refractivity contribution < 1.29 is 9.47 Å². The second-order valence-electron chi connectivity index (χ2n) is 7.90. The molecule has 2 aliphatic heterocycles. The number of fused-ring (bicyclic) bond motifs is 3. The van der Waals surface area contributed by atoms with Gasteiger partial charge >= 0.3 is 0 Å². The van der Waals surface area contributed by atoms with E-state index in [1.165, 1.54) is 11.1 Å². The molecule has 0 amide bonds. The zero-order valence-electron chi connectivity index (χ0n) is 18.5. The molecule has 0 aromatic heterocycles. The Kier molecular flexibility index (Phi) is 5.23. The van der Waals surface area contributed by atoms with Crippen molar-refractivity contribution >= 4 is 10.9 Å². The zero-order chi connectivity index (χ0) is 22.1. The molecule has 0 atom stereocenters. The van der Waals surface area contributed by atoms with Gasteiger partial charge in [-0.1, -0.05) is 29.8 Å². The highest BCUT2D eigenvalue weighted by atomic mass is 16.5. The van der Waals surface area contributed by atoms with E-state index in [0.717, 1.165) is 51.5 Å². The van der Waals surface area contributed by atoms with Crippen molar-refractivity contribution in [2.45, 2.75) is 20.4 Å². The number of hydrogen-bond acceptors (Lipinski definition) is 4. The van der Waals surface area contributed by atoms with Crippen LogP contribution in [0, 0.1) is 6.92 Å². The Morgan fingerprint density at radius 3 is 2.41 bits per heavy atom. The van der Waals surface area contributed by atoms with E-state index in [9.17, 15) is 0 Å². The number of benzene rings is 3. The number of ether oxygens (including phenoxy) is 2. The van der Waals surface area contributed by atoms with Crippen molar-refractivity contribution in [3.63, 3.8) is 0 Å². The SMILES string of the molecule is CCOc1ccc(-c2nnc3c4cc(OC)ccc4n(Cc4cccc(C)c4)cc2-3)cc1. The number of rotatable bonds is 6. The molecule has 5 heteroatoms. The van der Waals surface area contributed by atoms with Gasteiger partial charge in [-0.05, 0) is 61.9 Å². The summed E-state index contributed by atoms with van der Waals surface area (Å²) in [5, 5.41) is 10.2. The van der Waals surface area contributed by atoms with Gasteiger partial charge in [0.2, 0.25) is 0 Å². The van der Waals surface area contributed by atoms with Crippen LogP contribution in [0.3, 0.4) is 0 Å². The standard InChI is InChI=1S/C27H25N3O2/c1-4-32-21-10-8-20(9-11-21)26-24-17-30(16-19-7-5-6-18(2)14-19)25-13-12-22(31-3)15-23(25)27(24)29-28-26/h5-15,17H,4,16H2,1-3H3. The maximum Gasteiger partial charge on any atom is 0.119 e. The van der Waals surface area contributed by atoms with E-state index in [1.807, 2.05) is 43.3 Å². The molecule has 0 fully saturated rings. The first kappa shape index (κ1) is 20.1. The smallest absolute Gasteiger partial charge is 0.119 e. The Morgan fingerprint density at radius 1 is 0.875 bits per heavy atom. The van der Waals surface area contributed by atoms with Crippen LogP contribution in [0.25, 0.3) is 33.4 Å². The summed E-state index contributed by atoms with van der Waals surface area (Å²) in [6, 6.07) is 22.8. The highest BCUT2D eigenvalue weighted by Gasteiger charge is 2.21. The predicted molar refractivity (Wildman–Crippen MR) is 128 cm³/mol. The zero-order valence-corrected chi connectivity index (χ0v) is 18.5. The Bertz CT molecular complexity index is 1360. The van der Waals surface area contributed by atoms with Gasteiger partial charge in [0, 0.05) is 29.3 Å². The first-order chi connectivity index (χ1) is 15.7. The first-order valence-corrected chi connectivity index (χ1v) is 10.8. The van der Waals surface area contributed by atoms with Crippen LogP contribution in [-0.2, 0) is 6.54 Å². The van der Waals surface area contributed by atoms with Crippen LogP contribution >= 0.6 is 0 Å². The third kappa shape index (κ3) is 3.66. The monoisotopic (exact) mass is 423 g/mol. The van der Waals surface area contributed by atoms with Gasteiger partial charge in [0.15, 0.2) is 0 Å². The Balaban J connectivity index is 1.68. The molecule has 0 N–H and O–H groups in total. The fourth-order valence-corrected chi connectivity index (χ4v) is 4.18. The van der Waals surface area contributed by atoms with Gasteiger partial charge < -0.3 is 14.0 Å². The summed E-state index contributed by atoms with van der Waals surface area (Å²) >= 11 is 0. The molecule has 5 nitrogen and oxygen atoms in total. The van der Waals surface area contributed by atoms with Crippen molar-refractivity contribution in [1.82, 2.24) is 14.8 Å². The minimum absolute atomic E-state index is 0.644. The van der Waals surface area contributed by atoms with Gasteiger partial charge in [-0.15, -0.1) is 10.2 Å². The minimum atomic E-state index is 0.644. The van der Waals surface area contributed by atoms with Gasteiger partial charge in [0.25, 0.3) is 0 Å². The molecular weight excluding hydrogens is 398 g/mol. The largest absolute Gasteiger partial charge is 0.497 e. The molecule has 0 radical (unpaired) electrons. The normalized spacial score (nSPS) is 11.2. The van der Waals surface area contributed by atoms with Crippen LogP contribution in [0.5, 0.6) is 11.5 Å². The molecule has 0 saturated carbocycles. The Labute approximate surface area is 187 Å². The van der Waals surface area contributed by atoms with Crippen LogP contribution < -0.4 is 9.47 Å². The van der Waals surface area contributed by atoms with Gasteiger partial charge in [-0.2, -0.15) is 0 Å². The molecule has 0 bridgehead atoms. The summed E-state index contributed by atoms with van der Waals surface area (Å²) in [6.07, 6.45) is 2.16. The summed E-state index contributed by atoms with van der Waals surface area (Å²) < 4.78 is 13.4. The van der Waals surface area contributed by atoms with Gasteiger partial charge in [0.05, 0.1) is 19.2 Å². The molecule has 0 aliphatic carbocycles. The number of methoxy groups -OCH3 is 1. The molecule has 0 unspecified atom stereocenters. The van der Waals surface area contributed by atoms with Crippen LogP contribution in [0.1, 0.15) is 18.1 Å². The van der Waals surface area contributed by atoms with Crippen LogP contribution in [0.2, 0.25) is 0 Å². The van der Waals surface area contributed by atoms with Gasteiger partial charge in [0.1, 0.15) is 22.9 Å². The first-order valence-electron chi connectivity index (χ1n) is 10.8. The quantitative estimate of drug-likeness (QED) is 0.338. The number of aryl methyl sites for hydroxylation is 1. The lowest BCUT2D eigenvalue weighted by Gasteiger charge is -2.16. The lowest BCUT2D eigenvalue weighted by molar-refractivity contribution is 0.340. The summed E-state index contributed by atoms with van der Waals surface area (Å²) in [4.78, 5) is 0. The average Bonchev–Trinajstić information content (AvgIpc) is 3.23. The number of nitrogens with zero attached hydrogens (tertiary/aromatic N) is 3. The highest BCUT2D eigenvalue weighted by molar-refractivity contribution is 5.98. The number of aromatic nitrogens is 3. The van der Waals surface area contributed by atoms with Crippen molar-refractivity contribution in [2.24, 2.45) is 0 Å². The molecule has 2 heterocycles. The summed E-state index contributed by atoms with van der Waals surface area (Å²) in [5.41, 5.74) is 7.37. The highest BCUT2D eigenvalue weighted by Crippen LogP contribution is 2.38. The minimum Gasteiger partial charge on any atom is -0.497 e. The summed E-state index contributed by atoms with van der Waals surface area (Å²) in [6.45, 7) is 5.51. The topological polar surface area (TPSA) is 49.2 Å². The molecule has 32 heavy (non-hydrogen) atoms. The molecule has 0 saturated heterocycles. The molecule has 0 spiro atoms. The maximum atomic E-state index is 5.59. The van der Waals surface area contributed by atoms with Crippen molar-refractivity contribution in [2.75, 3.05) is 13.7 Å². The van der Waals surface area contributed by atoms with Crippen molar-refractivity contribution in [3.8, 4) is 34.0 Å². The fraction of sp³-hybridized carbons (Fsp3) is 0.185. The third-order valence-electron chi connectivity index (χ3n) is 5.69. The van der Waals surface area contributed by atoms with E-state index in [4.69, 9.17) is 9.47 Å². The molecule has 2 aliphatic rings. The van der Waals surface area contributed by atoms with E-state index >= 15 is 0 Å². The molecule has 5 rings (SSSR count). The predicted octanol–water partition coefficient (Wildman–Crippen LogP) is 5.97. The Hall–Kier alpha value is -3.86. The Morgan fingerprint density at radius 2 is 1.66 bits per heavy atom. The van der Waals surface area contributed by atoms with Crippen molar-refractivity contribution in [3.05, 3.63) is 84.1 Å². The van der Waals surface area contributed by atoms with Gasteiger partial charge in [-0.25, -0.2) is 0 Å². The number of pyridine rings is 1. The molecule has 3 aromatic carbocycles. The van der Waals surface area contributed by atoms with Crippen molar-refractivity contribution in [1.29, 1.82) is 0 Å². The average molecular weight is 424 g/mol. The second-order valence-corrected chi connectivity index (χ2v) is 7.90. The van der Waals surface area contributed by atoms with E-state index < -0.39 is 0 Å². The lowest BCUT2D eigenvalue weighted by atomic mass is 10.0. The second kappa shape index (κ2) is 8.35. The lowest BCUT2D eigenvalue weighted by Crippen LogP contribution is -2.04. The molecular formula is C27H25N3O2. The maximum absolute atomic E-state index is 5.59. The van der Waals surface area contributed by atoms with Crippen LogP contribution in [0.4, 0.5) is 0 Å².